The smallest absolute Gasteiger partial charge is 0.272 e. The first-order valence-electron chi connectivity index (χ1n) is 9.01. The number of carbonyl (C=O) groups excluding carboxylic acids is 1. The standard InChI is InChI=1S/C20H21N7O2/c1-26-14(6-7-23-26)11-22-20(28)17-10-18(27(2)25-17)12-4-5-15-13(8-12)9-16(24-15)19(21)29-3/h4-10,21,24H,11H2,1-3H3,(H,22,28). The van der Waals surface area contributed by atoms with E-state index < -0.39 is 0 Å². The molecule has 1 aromatic carbocycles. The molecule has 0 saturated heterocycles. The fraction of sp³-hybridized carbons (Fsp3) is 0.200. The summed E-state index contributed by atoms with van der Waals surface area (Å²) in [6.07, 6.45) is 1.69. The van der Waals surface area contributed by atoms with Crippen molar-refractivity contribution in [3.05, 3.63) is 59.7 Å². The van der Waals surface area contributed by atoms with Crippen LogP contribution >= 0.6 is 0 Å². The van der Waals surface area contributed by atoms with Crippen molar-refractivity contribution in [3.63, 3.8) is 0 Å². The summed E-state index contributed by atoms with van der Waals surface area (Å²) in [5, 5.41) is 20.1. The number of rotatable bonds is 5. The van der Waals surface area contributed by atoms with Crippen molar-refractivity contribution in [3.8, 4) is 11.3 Å². The number of hydrogen-bond acceptors (Lipinski definition) is 5. The zero-order valence-electron chi connectivity index (χ0n) is 16.4. The molecule has 0 radical (unpaired) electrons. The van der Waals surface area contributed by atoms with E-state index in [1.165, 1.54) is 7.11 Å². The summed E-state index contributed by atoms with van der Waals surface area (Å²) < 4.78 is 8.38. The van der Waals surface area contributed by atoms with Gasteiger partial charge in [-0.1, -0.05) is 6.07 Å². The van der Waals surface area contributed by atoms with Gasteiger partial charge in [0.15, 0.2) is 5.69 Å². The van der Waals surface area contributed by atoms with E-state index in [-0.39, 0.29) is 11.8 Å². The Morgan fingerprint density at radius 2 is 2.03 bits per heavy atom. The molecular weight excluding hydrogens is 370 g/mol. The molecular formula is C20H21N7O2. The summed E-state index contributed by atoms with van der Waals surface area (Å²) in [4.78, 5) is 15.7. The molecule has 29 heavy (non-hydrogen) atoms. The fourth-order valence-corrected chi connectivity index (χ4v) is 3.21. The number of carbonyl (C=O) groups is 1. The Labute approximate surface area is 166 Å². The molecule has 3 heterocycles. The van der Waals surface area contributed by atoms with Gasteiger partial charge in [-0.05, 0) is 30.3 Å². The van der Waals surface area contributed by atoms with Gasteiger partial charge in [-0.3, -0.25) is 19.6 Å². The first-order chi connectivity index (χ1) is 14.0. The Hall–Kier alpha value is -3.88. The van der Waals surface area contributed by atoms with Crippen molar-refractivity contribution >= 4 is 22.7 Å². The van der Waals surface area contributed by atoms with E-state index in [0.717, 1.165) is 27.9 Å². The summed E-state index contributed by atoms with van der Waals surface area (Å²) >= 11 is 0. The number of aromatic nitrogens is 5. The Balaban J connectivity index is 1.57. The van der Waals surface area contributed by atoms with Crippen molar-refractivity contribution in [2.24, 2.45) is 14.1 Å². The van der Waals surface area contributed by atoms with Crippen LogP contribution in [0.4, 0.5) is 0 Å². The second-order valence-electron chi connectivity index (χ2n) is 6.69. The summed E-state index contributed by atoms with van der Waals surface area (Å²) in [6, 6.07) is 11.4. The molecule has 0 unspecified atom stereocenters. The first-order valence-corrected chi connectivity index (χ1v) is 9.01. The van der Waals surface area contributed by atoms with Crippen molar-refractivity contribution in [2.75, 3.05) is 7.11 Å². The van der Waals surface area contributed by atoms with Gasteiger partial charge in [0.2, 0.25) is 5.90 Å². The number of nitrogens with zero attached hydrogens (tertiary/aromatic N) is 4. The molecule has 1 amide bonds. The monoisotopic (exact) mass is 391 g/mol. The number of nitrogens with one attached hydrogen (secondary N) is 3. The van der Waals surface area contributed by atoms with E-state index in [9.17, 15) is 4.79 Å². The predicted molar refractivity (Wildman–Crippen MR) is 109 cm³/mol. The van der Waals surface area contributed by atoms with Crippen LogP contribution in [0.1, 0.15) is 21.9 Å². The maximum atomic E-state index is 12.5. The van der Waals surface area contributed by atoms with Crippen LogP contribution in [-0.2, 0) is 25.4 Å². The van der Waals surface area contributed by atoms with Crippen LogP contribution in [0.2, 0.25) is 0 Å². The van der Waals surface area contributed by atoms with Crippen LogP contribution in [-0.4, -0.2) is 43.5 Å². The van der Waals surface area contributed by atoms with Gasteiger partial charge >= 0.3 is 0 Å². The minimum Gasteiger partial charge on any atom is -0.480 e. The zero-order valence-corrected chi connectivity index (χ0v) is 16.4. The maximum Gasteiger partial charge on any atom is 0.272 e. The van der Waals surface area contributed by atoms with Gasteiger partial charge < -0.3 is 15.0 Å². The second kappa shape index (κ2) is 7.27. The van der Waals surface area contributed by atoms with Crippen LogP contribution in [0.15, 0.2) is 42.6 Å². The minimum absolute atomic E-state index is 0.0793. The molecule has 0 aliphatic rings. The molecule has 9 nitrogen and oxygen atoms in total. The van der Waals surface area contributed by atoms with Gasteiger partial charge in [-0.2, -0.15) is 10.2 Å². The number of aryl methyl sites for hydroxylation is 2. The highest BCUT2D eigenvalue weighted by Gasteiger charge is 2.15. The van der Waals surface area contributed by atoms with Gasteiger partial charge in [-0.15, -0.1) is 0 Å². The highest BCUT2D eigenvalue weighted by Crippen LogP contribution is 2.25. The lowest BCUT2D eigenvalue weighted by Crippen LogP contribution is -2.24. The van der Waals surface area contributed by atoms with Gasteiger partial charge in [0, 0.05) is 36.8 Å². The largest absolute Gasteiger partial charge is 0.480 e. The zero-order chi connectivity index (χ0) is 20.5. The maximum absolute atomic E-state index is 12.5. The lowest BCUT2D eigenvalue weighted by atomic mass is 10.1. The topological polar surface area (TPSA) is 114 Å². The molecule has 0 bridgehead atoms. The van der Waals surface area contributed by atoms with E-state index in [1.807, 2.05) is 37.4 Å². The number of fused-ring (bicyclic) bond motifs is 1. The second-order valence-corrected chi connectivity index (χ2v) is 6.69. The lowest BCUT2D eigenvalue weighted by Gasteiger charge is -2.03. The van der Waals surface area contributed by atoms with Crippen molar-refractivity contribution < 1.29 is 9.53 Å². The number of H-pyrrole nitrogens is 1. The van der Waals surface area contributed by atoms with Gasteiger partial charge in [-0.25, -0.2) is 0 Å². The van der Waals surface area contributed by atoms with Crippen molar-refractivity contribution in [1.82, 2.24) is 29.9 Å². The number of ether oxygens (including phenoxy) is 1. The molecule has 0 spiro atoms. The van der Waals surface area contributed by atoms with E-state index in [0.29, 0.717) is 17.9 Å². The molecule has 4 rings (SSSR count). The molecule has 3 N–H and O–H groups in total. The third-order valence-electron chi connectivity index (χ3n) is 4.83. The number of benzene rings is 1. The Morgan fingerprint density at radius 3 is 2.76 bits per heavy atom. The van der Waals surface area contributed by atoms with E-state index in [2.05, 4.69) is 20.5 Å². The number of amides is 1. The fourth-order valence-electron chi connectivity index (χ4n) is 3.21. The summed E-state index contributed by atoms with van der Waals surface area (Å²) in [6.45, 7) is 0.380. The molecule has 148 valence electrons. The van der Waals surface area contributed by atoms with Crippen LogP contribution in [0.3, 0.4) is 0 Å². The third kappa shape index (κ3) is 3.49. The Bertz CT molecular complexity index is 1210. The SMILES string of the molecule is COC(=N)c1cc2cc(-c3cc(C(=O)NCc4ccnn4C)nn3C)ccc2[nH]1. The predicted octanol–water partition coefficient (Wildman–Crippen LogP) is 2.20. The molecule has 0 fully saturated rings. The van der Waals surface area contributed by atoms with Gasteiger partial charge in [0.1, 0.15) is 5.69 Å². The van der Waals surface area contributed by atoms with Gasteiger partial charge in [0.25, 0.3) is 5.91 Å². The molecule has 0 saturated carbocycles. The van der Waals surface area contributed by atoms with Crippen LogP contribution < -0.4 is 5.32 Å². The minimum atomic E-state index is -0.244. The average Bonchev–Trinajstić information content (AvgIpc) is 3.42. The quantitative estimate of drug-likeness (QED) is 0.357. The van der Waals surface area contributed by atoms with E-state index in [4.69, 9.17) is 10.1 Å². The molecule has 0 aliphatic carbocycles. The first kappa shape index (κ1) is 18.5. The molecule has 0 aliphatic heterocycles. The summed E-state index contributed by atoms with van der Waals surface area (Å²) in [5.74, 6) is -0.165. The Morgan fingerprint density at radius 1 is 1.21 bits per heavy atom. The van der Waals surface area contributed by atoms with Gasteiger partial charge in [0.05, 0.1) is 25.0 Å². The molecule has 0 atom stereocenters. The van der Waals surface area contributed by atoms with Crippen LogP contribution in [0, 0.1) is 5.41 Å². The normalized spacial score (nSPS) is 11.0. The van der Waals surface area contributed by atoms with Crippen molar-refractivity contribution in [1.29, 1.82) is 5.41 Å². The highest BCUT2D eigenvalue weighted by molar-refractivity contribution is 5.97. The summed E-state index contributed by atoms with van der Waals surface area (Å²) in [7, 11) is 5.10. The average molecular weight is 391 g/mol. The Kier molecular flexibility index (Phi) is 4.63. The lowest BCUT2D eigenvalue weighted by molar-refractivity contribution is 0.0944. The third-order valence-corrected chi connectivity index (χ3v) is 4.83. The summed E-state index contributed by atoms with van der Waals surface area (Å²) in [5.41, 5.74) is 4.52. The number of aromatic amines is 1. The highest BCUT2D eigenvalue weighted by atomic mass is 16.5. The molecule has 4 aromatic rings. The van der Waals surface area contributed by atoms with Crippen LogP contribution in [0.5, 0.6) is 0 Å². The van der Waals surface area contributed by atoms with E-state index >= 15 is 0 Å². The molecule has 3 aromatic heterocycles. The van der Waals surface area contributed by atoms with Crippen molar-refractivity contribution in [2.45, 2.75) is 6.54 Å². The molecule has 9 heteroatoms. The van der Waals surface area contributed by atoms with Crippen LogP contribution in [0.25, 0.3) is 22.2 Å². The number of methoxy groups -OCH3 is 1. The van der Waals surface area contributed by atoms with E-state index in [1.54, 1.807) is 28.7 Å². The number of hydrogen-bond donors (Lipinski definition) is 3.